The molecule has 4 nitrogen and oxygen atoms in total. The number of hydrogen-bond donors (Lipinski definition) is 1. The summed E-state index contributed by atoms with van der Waals surface area (Å²) in [6, 6.07) is 8.81. The number of unbranched alkanes of at least 4 members (excludes halogenated alkanes) is 1. The highest BCUT2D eigenvalue weighted by atomic mass is 16.1. The Kier molecular flexibility index (Phi) is 7.38. The van der Waals surface area contributed by atoms with E-state index in [-0.39, 0.29) is 5.91 Å². The van der Waals surface area contributed by atoms with Gasteiger partial charge < -0.3 is 10.2 Å². The second kappa shape index (κ2) is 9.11. The zero-order chi connectivity index (χ0) is 14.8. The van der Waals surface area contributed by atoms with E-state index in [1.54, 1.807) is 24.3 Å². The van der Waals surface area contributed by atoms with E-state index in [9.17, 15) is 4.79 Å². The van der Waals surface area contributed by atoms with E-state index in [4.69, 9.17) is 5.26 Å². The van der Waals surface area contributed by atoms with Crippen LogP contribution in [0.15, 0.2) is 24.3 Å². The van der Waals surface area contributed by atoms with Crippen LogP contribution in [-0.2, 0) is 0 Å². The molecule has 0 unspecified atom stereocenters. The second-order valence-electron chi connectivity index (χ2n) is 4.68. The van der Waals surface area contributed by atoms with E-state index in [0.29, 0.717) is 17.7 Å². The first-order valence-electron chi connectivity index (χ1n) is 7.22. The molecule has 1 amide bonds. The van der Waals surface area contributed by atoms with Crippen LogP contribution in [0.4, 0.5) is 0 Å². The summed E-state index contributed by atoms with van der Waals surface area (Å²) in [5, 5.41) is 11.7. The van der Waals surface area contributed by atoms with E-state index in [1.807, 2.05) is 6.07 Å². The minimum Gasteiger partial charge on any atom is -0.352 e. The summed E-state index contributed by atoms with van der Waals surface area (Å²) in [7, 11) is 0. The largest absolute Gasteiger partial charge is 0.352 e. The monoisotopic (exact) mass is 273 g/mol. The van der Waals surface area contributed by atoms with E-state index in [0.717, 1.165) is 32.5 Å². The van der Waals surface area contributed by atoms with E-state index in [2.05, 4.69) is 24.1 Å². The lowest BCUT2D eigenvalue weighted by Gasteiger charge is -2.17. The molecule has 1 rings (SSSR count). The van der Waals surface area contributed by atoms with E-state index in [1.165, 1.54) is 0 Å². The van der Waals surface area contributed by atoms with Crippen LogP contribution in [0.25, 0.3) is 0 Å². The van der Waals surface area contributed by atoms with Gasteiger partial charge in [0, 0.05) is 12.1 Å². The van der Waals surface area contributed by atoms with Gasteiger partial charge >= 0.3 is 0 Å². The Morgan fingerprint density at radius 2 is 2.05 bits per heavy atom. The maximum Gasteiger partial charge on any atom is 0.251 e. The normalized spacial score (nSPS) is 10.3. The number of rotatable bonds is 8. The van der Waals surface area contributed by atoms with Crippen LogP contribution in [0.1, 0.15) is 42.6 Å². The standard InChI is InChI=1S/C16H23N3O/c1-3-19(4-2)11-6-5-10-18-16(20)15-9-7-8-14(12-15)13-17/h7-9,12H,3-6,10-11H2,1-2H3,(H,18,20). The van der Waals surface area contributed by atoms with Gasteiger partial charge in [-0.15, -0.1) is 0 Å². The van der Waals surface area contributed by atoms with Gasteiger partial charge in [0.15, 0.2) is 0 Å². The molecule has 0 heterocycles. The molecule has 0 aliphatic carbocycles. The number of carbonyl (C=O) groups is 1. The summed E-state index contributed by atoms with van der Waals surface area (Å²) in [5.41, 5.74) is 1.06. The summed E-state index contributed by atoms with van der Waals surface area (Å²) in [5.74, 6) is -0.107. The number of nitrogens with one attached hydrogen (secondary N) is 1. The summed E-state index contributed by atoms with van der Waals surface area (Å²) >= 11 is 0. The smallest absolute Gasteiger partial charge is 0.251 e. The maximum atomic E-state index is 11.9. The SMILES string of the molecule is CCN(CC)CCCCNC(=O)c1cccc(C#N)c1. The van der Waals surface area contributed by atoms with Crippen molar-refractivity contribution in [2.45, 2.75) is 26.7 Å². The minimum absolute atomic E-state index is 0.107. The molecule has 0 bridgehead atoms. The Balaban J connectivity index is 2.28. The van der Waals surface area contributed by atoms with Gasteiger partial charge in [0.25, 0.3) is 5.91 Å². The quantitative estimate of drug-likeness (QED) is 0.740. The van der Waals surface area contributed by atoms with Gasteiger partial charge in [-0.05, 0) is 50.7 Å². The number of nitrogens with zero attached hydrogens (tertiary/aromatic N) is 2. The van der Waals surface area contributed by atoms with Crippen molar-refractivity contribution >= 4 is 5.91 Å². The topological polar surface area (TPSA) is 56.1 Å². The Labute approximate surface area is 121 Å². The first-order chi connectivity index (χ1) is 9.71. The zero-order valence-electron chi connectivity index (χ0n) is 12.4. The molecule has 1 aromatic rings. The molecule has 0 saturated carbocycles. The van der Waals surface area contributed by atoms with E-state index >= 15 is 0 Å². The van der Waals surface area contributed by atoms with Crippen LogP contribution in [0.5, 0.6) is 0 Å². The third-order valence-corrected chi connectivity index (χ3v) is 3.33. The van der Waals surface area contributed by atoms with Crippen LogP contribution in [0, 0.1) is 11.3 Å². The Bertz CT molecular complexity index is 461. The number of carbonyl (C=O) groups excluding carboxylic acids is 1. The average molecular weight is 273 g/mol. The molecule has 0 aliphatic heterocycles. The van der Waals surface area contributed by atoms with Crippen molar-refractivity contribution in [2.75, 3.05) is 26.2 Å². The fraction of sp³-hybridized carbons (Fsp3) is 0.500. The predicted octanol–water partition coefficient (Wildman–Crippen LogP) is 2.41. The molecule has 0 spiro atoms. The van der Waals surface area contributed by atoms with Gasteiger partial charge in [-0.1, -0.05) is 19.9 Å². The minimum atomic E-state index is -0.107. The summed E-state index contributed by atoms with van der Waals surface area (Å²) in [6.45, 7) is 8.22. The molecule has 20 heavy (non-hydrogen) atoms. The third kappa shape index (κ3) is 5.41. The van der Waals surface area contributed by atoms with Crippen molar-refractivity contribution < 1.29 is 4.79 Å². The fourth-order valence-electron chi connectivity index (χ4n) is 2.03. The third-order valence-electron chi connectivity index (χ3n) is 3.33. The number of nitriles is 1. The molecule has 4 heteroatoms. The summed E-state index contributed by atoms with van der Waals surface area (Å²) < 4.78 is 0. The fourth-order valence-corrected chi connectivity index (χ4v) is 2.03. The lowest BCUT2D eigenvalue weighted by molar-refractivity contribution is 0.0952. The predicted molar refractivity (Wildman–Crippen MR) is 80.5 cm³/mol. The van der Waals surface area contributed by atoms with Crippen LogP contribution in [0.3, 0.4) is 0 Å². The van der Waals surface area contributed by atoms with Gasteiger partial charge in [0.2, 0.25) is 0 Å². The second-order valence-corrected chi connectivity index (χ2v) is 4.68. The lowest BCUT2D eigenvalue weighted by Crippen LogP contribution is -2.27. The molecule has 0 aromatic heterocycles. The van der Waals surface area contributed by atoms with Gasteiger partial charge in [-0.2, -0.15) is 5.26 Å². The van der Waals surface area contributed by atoms with Gasteiger partial charge in [0.05, 0.1) is 11.6 Å². The van der Waals surface area contributed by atoms with Gasteiger partial charge in [-0.3, -0.25) is 4.79 Å². The van der Waals surface area contributed by atoms with Crippen molar-refractivity contribution in [1.82, 2.24) is 10.2 Å². The highest BCUT2D eigenvalue weighted by Gasteiger charge is 2.05. The number of hydrogen-bond acceptors (Lipinski definition) is 3. The van der Waals surface area contributed by atoms with Crippen molar-refractivity contribution in [2.24, 2.45) is 0 Å². The number of amides is 1. The molecule has 0 atom stereocenters. The highest BCUT2D eigenvalue weighted by molar-refractivity contribution is 5.94. The molecule has 0 radical (unpaired) electrons. The molecule has 108 valence electrons. The van der Waals surface area contributed by atoms with Crippen molar-refractivity contribution in [3.8, 4) is 6.07 Å². The molecule has 0 saturated heterocycles. The van der Waals surface area contributed by atoms with Crippen LogP contribution >= 0.6 is 0 Å². The van der Waals surface area contributed by atoms with Gasteiger partial charge in [0.1, 0.15) is 0 Å². The van der Waals surface area contributed by atoms with Crippen molar-refractivity contribution in [3.05, 3.63) is 35.4 Å². The molecule has 1 aromatic carbocycles. The van der Waals surface area contributed by atoms with Crippen LogP contribution in [0.2, 0.25) is 0 Å². The molecule has 0 fully saturated rings. The summed E-state index contributed by atoms with van der Waals surface area (Å²) in [6.07, 6.45) is 2.06. The first-order valence-corrected chi connectivity index (χ1v) is 7.22. The Hall–Kier alpha value is -1.86. The lowest BCUT2D eigenvalue weighted by atomic mass is 10.1. The van der Waals surface area contributed by atoms with Crippen molar-refractivity contribution in [3.63, 3.8) is 0 Å². The Morgan fingerprint density at radius 3 is 2.70 bits per heavy atom. The van der Waals surface area contributed by atoms with Crippen molar-refractivity contribution in [1.29, 1.82) is 5.26 Å². The highest BCUT2D eigenvalue weighted by Crippen LogP contribution is 2.04. The Morgan fingerprint density at radius 1 is 1.30 bits per heavy atom. The summed E-state index contributed by atoms with van der Waals surface area (Å²) in [4.78, 5) is 14.3. The molecule has 1 N–H and O–H groups in total. The van der Waals surface area contributed by atoms with E-state index < -0.39 is 0 Å². The maximum absolute atomic E-state index is 11.9. The first kappa shape index (κ1) is 16.2. The van der Waals surface area contributed by atoms with Crippen LogP contribution < -0.4 is 5.32 Å². The number of benzene rings is 1. The zero-order valence-corrected chi connectivity index (χ0v) is 12.4. The average Bonchev–Trinajstić information content (AvgIpc) is 2.50. The molecular weight excluding hydrogens is 250 g/mol. The molecular formula is C16H23N3O. The van der Waals surface area contributed by atoms with Gasteiger partial charge in [-0.25, -0.2) is 0 Å². The van der Waals surface area contributed by atoms with Crippen LogP contribution in [-0.4, -0.2) is 37.0 Å². The molecule has 0 aliphatic rings.